The average Bonchev–Trinajstić information content (AvgIpc) is 2.68. The molecule has 1 aromatic heterocycles. The third-order valence-corrected chi connectivity index (χ3v) is 2.65. The van der Waals surface area contributed by atoms with Crippen molar-refractivity contribution in [2.24, 2.45) is 5.90 Å². The molecule has 0 aliphatic carbocycles. The van der Waals surface area contributed by atoms with Gasteiger partial charge in [0.25, 0.3) is 0 Å². The highest BCUT2D eigenvalue weighted by Crippen LogP contribution is 2.21. The van der Waals surface area contributed by atoms with E-state index < -0.39 is 0 Å². The summed E-state index contributed by atoms with van der Waals surface area (Å²) in [7, 11) is 0. The second kappa shape index (κ2) is 4.32. The van der Waals surface area contributed by atoms with Crippen LogP contribution >= 0.6 is 11.3 Å². The summed E-state index contributed by atoms with van der Waals surface area (Å²) < 4.78 is 0. The van der Waals surface area contributed by atoms with E-state index in [2.05, 4.69) is 9.82 Å². The molecule has 0 saturated carbocycles. The first kappa shape index (κ1) is 9.33. The van der Waals surface area contributed by atoms with Gasteiger partial charge in [-0.05, 0) is 0 Å². The fourth-order valence-electron chi connectivity index (χ4n) is 1.19. The summed E-state index contributed by atoms with van der Waals surface area (Å²) in [4.78, 5) is 8.91. The van der Waals surface area contributed by atoms with Gasteiger partial charge in [0.1, 0.15) is 11.6 Å². The van der Waals surface area contributed by atoms with Crippen molar-refractivity contribution in [2.45, 2.75) is 6.61 Å². The number of nitrogens with zero attached hydrogens (tertiary/aromatic N) is 1. The molecule has 4 heteroatoms. The molecule has 0 amide bonds. The van der Waals surface area contributed by atoms with E-state index in [4.69, 9.17) is 5.90 Å². The van der Waals surface area contributed by atoms with Crippen molar-refractivity contribution < 1.29 is 4.84 Å². The molecule has 2 N–H and O–H groups in total. The van der Waals surface area contributed by atoms with E-state index in [0.29, 0.717) is 6.61 Å². The van der Waals surface area contributed by atoms with Gasteiger partial charge in [-0.2, -0.15) is 0 Å². The minimum absolute atomic E-state index is 0.373. The molecule has 0 atom stereocenters. The molecule has 1 heterocycles. The van der Waals surface area contributed by atoms with E-state index in [1.54, 1.807) is 11.3 Å². The quantitative estimate of drug-likeness (QED) is 0.783. The van der Waals surface area contributed by atoms with Gasteiger partial charge in [0, 0.05) is 10.9 Å². The van der Waals surface area contributed by atoms with Crippen LogP contribution in [0.25, 0.3) is 11.3 Å². The highest BCUT2D eigenvalue weighted by Gasteiger charge is 2.02. The molecule has 0 aliphatic heterocycles. The van der Waals surface area contributed by atoms with Crippen molar-refractivity contribution in [1.29, 1.82) is 0 Å². The molecule has 2 aromatic rings. The maximum atomic E-state index is 4.98. The van der Waals surface area contributed by atoms with Gasteiger partial charge in [-0.15, -0.1) is 11.3 Å². The number of hydrogen-bond acceptors (Lipinski definition) is 4. The van der Waals surface area contributed by atoms with Crippen LogP contribution in [-0.4, -0.2) is 4.98 Å². The molecule has 2 rings (SSSR count). The van der Waals surface area contributed by atoms with E-state index in [0.717, 1.165) is 16.3 Å². The third-order valence-electron chi connectivity index (χ3n) is 1.83. The zero-order valence-electron chi connectivity index (χ0n) is 7.51. The van der Waals surface area contributed by atoms with E-state index in [1.807, 2.05) is 35.7 Å². The molecule has 0 bridgehead atoms. The lowest BCUT2D eigenvalue weighted by Gasteiger charge is -1.94. The lowest BCUT2D eigenvalue weighted by atomic mass is 10.2. The number of hydrogen-bond donors (Lipinski definition) is 1. The Morgan fingerprint density at radius 3 is 2.79 bits per heavy atom. The first-order valence-electron chi connectivity index (χ1n) is 4.21. The number of rotatable bonds is 3. The van der Waals surface area contributed by atoms with Crippen molar-refractivity contribution in [3.8, 4) is 11.3 Å². The third kappa shape index (κ3) is 1.98. The van der Waals surface area contributed by atoms with Crippen LogP contribution in [0.15, 0.2) is 35.7 Å². The Hall–Kier alpha value is -1.23. The van der Waals surface area contributed by atoms with Gasteiger partial charge in [-0.3, -0.25) is 4.84 Å². The van der Waals surface area contributed by atoms with Crippen LogP contribution in [0.3, 0.4) is 0 Å². The van der Waals surface area contributed by atoms with E-state index in [9.17, 15) is 0 Å². The van der Waals surface area contributed by atoms with Crippen molar-refractivity contribution in [2.75, 3.05) is 0 Å². The topological polar surface area (TPSA) is 48.1 Å². The molecule has 0 radical (unpaired) electrons. The highest BCUT2D eigenvalue weighted by atomic mass is 32.1. The molecule has 0 spiro atoms. The van der Waals surface area contributed by atoms with Crippen LogP contribution in [0.2, 0.25) is 0 Å². The first-order valence-corrected chi connectivity index (χ1v) is 5.09. The Morgan fingerprint density at radius 2 is 2.07 bits per heavy atom. The van der Waals surface area contributed by atoms with Gasteiger partial charge in [-0.1, -0.05) is 30.3 Å². The summed E-state index contributed by atoms with van der Waals surface area (Å²) >= 11 is 1.55. The van der Waals surface area contributed by atoms with Gasteiger partial charge >= 0.3 is 0 Å². The molecule has 0 aliphatic rings. The Kier molecular flexibility index (Phi) is 2.88. The largest absolute Gasteiger partial charge is 0.297 e. The van der Waals surface area contributed by atoms with Crippen LogP contribution in [0.1, 0.15) is 5.01 Å². The summed E-state index contributed by atoms with van der Waals surface area (Å²) in [5.41, 5.74) is 2.09. The average molecular weight is 206 g/mol. The Morgan fingerprint density at radius 1 is 1.29 bits per heavy atom. The van der Waals surface area contributed by atoms with E-state index in [1.165, 1.54) is 0 Å². The van der Waals surface area contributed by atoms with Gasteiger partial charge in [-0.25, -0.2) is 10.9 Å². The number of nitrogens with two attached hydrogens (primary N) is 1. The normalized spacial score (nSPS) is 10.4. The summed E-state index contributed by atoms with van der Waals surface area (Å²) in [6.07, 6.45) is 0. The van der Waals surface area contributed by atoms with Gasteiger partial charge in [0.05, 0.1) is 5.69 Å². The van der Waals surface area contributed by atoms with Crippen molar-refractivity contribution in [3.63, 3.8) is 0 Å². The van der Waals surface area contributed by atoms with Crippen molar-refractivity contribution >= 4 is 11.3 Å². The van der Waals surface area contributed by atoms with Crippen molar-refractivity contribution in [1.82, 2.24) is 4.98 Å². The molecular weight excluding hydrogens is 196 g/mol. The minimum Gasteiger partial charge on any atom is -0.297 e. The summed E-state index contributed by atoms with van der Waals surface area (Å²) in [5.74, 6) is 4.98. The van der Waals surface area contributed by atoms with Crippen LogP contribution in [0, 0.1) is 0 Å². The lowest BCUT2D eigenvalue weighted by molar-refractivity contribution is 0.124. The van der Waals surface area contributed by atoms with Crippen LogP contribution in [0.5, 0.6) is 0 Å². The molecule has 0 unspecified atom stereocenters. The SMILES string of the molecule is NOCc1nc(-c2ccccc2)cs1. The molecule has 72 valence electrons. The number of benzene rings is 1. The molecule has 0 fully saturated rings. The number of thiazole rings is 1. The van der Waals surface area contributed by atoms with Gasteiger partial charge < -0.3 is 0 Å². The predicted octanol–water partition coefficient (Wildman–Crippen LogP) is 2.20. The van der Waals surface area contributed by atoms with Crippen LogP contribution in [-0.2, 0) is 11.4 Å². The monoisotopic (exact) mass is 206 g/mol. The smallest absolute Gasteiger partial charge is 0.121 e. The van der Waals surface area contributed by atoms with Crippen LogP contribution < -0.4 is 5.90 Å². The Balaban J connectivity index is 2.25. The molecule has 0 saturated heterocycles. The molecular formula is C10H10N2OS. The Labute approximate surface area is 86.1 Å². The first-order chi connectivity index (χ1) is 6.90. The van der Waals surface area contributed by atoms with Gasteiger partial charge in [0.2, 0.25) is 0 Å². The zero-order chi connectivity index (χ0) is 9.80. The molecule has 1 aromatic carbocycles. The summed E-state index contributed by atoms with van der Waals surface area (Å²) in [6, 6.07) is 10.0. The van der Waals surface area contributed by atoms with Crippen LogP contribution in [0.4, 0.5) is 0 Å². The standard InChI is InChI=1S/C10H10N2OS/c11-13-6-10-12-9(7-14-10)8-4-2-1-3-5-8/h1-5,7H,6,11H2. The van der Waals surface area contributed by atoms with Crippen molar-refractivity contribution in [3.05, 3.63) is 40.7 Å². The second-order valence-electron chi connectivity index (χ2n) is 2.80. The number of aromatic nitrogens is 1. The maximum Gasteiger partial charge on any atom is 0.121 e. The maximum absolute atomic E-state index is 4.98. The predicted molar refractivity (Wildman–Crippen MR) is 56.5 cm³/mol. The van der Waals surface area contributed by atoms with E-state index in [-0.39, 0.29) is 0 Å². The zero-order valence-corrected chi connectivity index (χ0v) is 8.33. The van der Waals surface area contributed by atoms with E-state index >= 15 is 0 Å². The lowest BCUT2D eigenvalue weighted by Crippen LogP contribution is -1.97. The van der Waals surface area contributed by atoms with Gasteiger partial charge in [0.15, 0.2) is 0 Å². The highest BCUT2D eigenvalue weighted by molar-refractivity contribution is 7.09. The minimum atomic E-state index is 0.373. The molecule has 14 heavy (non-hydrogen) atoms. The summed E-state index contributed by atoms with van der Waals surface area (Å²) in [6.45, 7) is 0.373. The molecule has 3 nitrogen and oxygen atoms in total. The Bertz CT molecular complexity index is 400. The fraction of sp³-hybridized carbons (Fsp3) is 0.100. The summed E-state index contributed by atoms with van der Waals surface area (Å²) in [5, 5.41) is 2.90. The fourth-order valence-corrected chi connectivity index (χ4v) is 1.91. The second-order valence-corrected chi connectivity index (χ2v) is 3.75.